The van der Waals surface area contributed by atoms with Crippen LogP contribution >= 0.6 is 0 Å². The van der Waals surface area contributed by atoms with E-state index in [2.05, 4.69) is 13.8 Å². The molecule has 0 bridgehead atoms. The molecule has 1 atom stereocenters. The highest BCUT2D eigenvalue weighted by Gasteiger charge is 2.05. The van der Waals surface area contributed by atoms with E-state index in [1.54, 1.807) is 14.2 Å². The van der Waals surface area contributed by atoms with E-state index in [9.17, 15) is 0 Å². The Labute approximate surface area is 112 Å². The molecule has 0 heterocycles. The van der Waals surface area contributed by atoms with Crippen LogP contribution in [0.2, 0.25) is 0 Å². The normalized spacial score (nSPS) is 10.9. The molecule has 0 aliphatic rings. The van der Waals surface area contributed by atoms with Gasteiger partial charge in [0.2, 0.25) is 0 Å². The van der Waals surface area contributed by atoms with E-state index >= 15 is 0 Å². The fraction of sp³-hybridized carbons (Fsp3) is 0.600. The first-order chi connectivity index (χ1) is 7.71. The van der Waals surface area contributed by atoms with E-state index in [1.807, 2.05) is 18.2 Å². The minimum absolute atomic E-state index is 0. The lowest BCUT2D eigenvalue weighted by atomic mass is 10.2. The van der Waals surface area contributed by atoms with E-state index < -0.39 is 0 Å². The summed E-state index contributed by atoms with van der Waals surface area (Å²) in [6.07, 6.45) is 1.31. The predicted molar refractivity (Wildman–Crippen MR) is 77.6 cm³/mol. The summed E-state index contributed by atoms with van der Waals surface area (Å²) in [5.74, 6) is 1.49. The van der Waals surface area contributed by atoms with E-state index in [0.29, 0.717) is 6.61 Å². The standard InChI is InChI=1S/C13H20O3.2CH4/c1-5-10(2)16-9-11-6-7-12(14-3)13(8-11)15-4;;/h6-8,10H,5,9H2,1-4H3;2*1H4. The molecule has 0 N–H and O–H groups in total. The fourth-order valence-electron chi connectivity index (χ4n) is 1.33. The lowest BCUT2D eigenvalue weighted by Gasteiger charge is -2.12. The van der Waals surface area contributed by atoms with E-state index in [-0.39, 0.29) is 21.0 Å². The average molecular weight is 256 g/mol. The lowest BCUT2D eigenvalue weighted by Crippen LogP contribution is -2.06. The van der Waals surface area contributed by atoms with Gasteiger partial charge >= 0.3 is 0 Å². The Balaban J connectivity index is 0. The van der Waals surface area contributed by atoms with Gasteiger partial charge in [0.1, 0.15) is 0 Å². The molecule has 1 unspecified atom stereocenters. The number of benzene rings is 1. The molecule has 1 rings (SSSR count). The molecule has 0 fully saturated rings. The van der Waals surface area contributed by atoms with Gasteiger partial charge in [-0.2, -0.15) is 0 Å². The number of hydrogen-bond acceptors (Lipinski definition) is 3. The minimum Gasteiger partial charge on any atom is -0.493 e. The van der Waals surface area contributed by atoms with Crippen molar-refractivity contribution in [2.45, 2.75) is 47.8 Å². The molecule has 1 aromatic carbocycles. The Hall–Kier alpha value is -1.22. The van der Waals surface area contributed by atoms with Crippen molar-refractivity contribution in [3.05, 3.63) is 23.8 Å². The molecular weight excluding hydrogens is 228 g/mol. The molecule has 18 heavy (non-hydrogen) atoms. The molecule has 1 aromatic rings. The molecule has 0 saturated heterocycles. The van der Waals surface area contributed by atoms with Gasteiger partial charge in [-0.15, -0.1) is 0 Å². The summed E-state index contributed by atoms with van der Waals surface area (Å²) in [4.78, 5) is 0. The third-order valence-electron chi connectivity index (χ3n) is 2.56. The van der Waals surface area contributed by atoms with Gasteiger partial charge in [-0.1, -0.05) is 27.8 Å². The van der Waals surface area contributed by atoms with Crippen LogP contribution in [0.15, 0.2) is 18.2 Å². The largest absolute Gasteiger partial charge is 0.493 e. The number of hydrogen-bond donors (Lipinski definition) is 0. The van der Waals surface area contributed by atoms with Gasteiger partial charge in [0.25, 0.3) is 0 Å². The van der Waals surface area contributed by atoms with Crippen LogP contribution in [-0.2, 0) is 11.3 Å². The Bertz CT molecular complexity index is 324. The van der Waals surface area contributed by atoms with Crippen LogP contribution in [0.4, 0.5) is 0 Å². The van der Waals surface area contributed by atoms with Crippen LogP contribution in [0.25, 0.3) is 0 Å². The Morgan fingerprint density at radius 1 is 1.06 bits per heavy atom. The van der Waals surface area contributed by atoms with Gasteiger partial charge in [-0.3, -0.25) is 0 Å². The molecule has 3 nitrogen and oxygen atoms in total. The molecule has 0 radical (unpaired) electrons. The molecule has 3 heteroatoms. The van der Waals surface area contributed by atoms with Crippen LogP contribution < -0.4 is 9.47 Å². The van der Waals surface area contributed by atoms with Gasteiger partial charge in [0.05, 0.1) is 26.9 Å². The van der Waals surface area contributed by atoms with Crippen LogP contribution in [-0.4, -0.2) is 20.3 Å². The highest BCUT2D eigenvalue weighted by atomic mass is 16.5. The predicted octanol–water partition coefficient (Wildman–Crippen LogP) is 4.29. The molecule has 0 amide bonds. The summed E-state index contributed by atoms with van der Waals surface area (Å²) in [5.41, 5.74) is 1.10. The van der Waals surface area contributed by atoms with Gasteiger partial charge in [-0.05, 0) is 31.0 Å². The van der Waals surface area contributed by atoms with Crippen LogP contribution in [0.5, 0.6) is 11.5 Å². The quantitative estimate of drug-likeness (QED) is 0.760. The molecule has 0 aromatic heterocycles. The van der Waals surface area contributed by atoms with E-state index in [4.69, 9.17) is 14.2 Å². The zero-order valence-corrected chi connectivity index (χ0v) is 10.4. The van der Waals surface area contributed by atoms with Crippen molar-refractivity contribution in [3.8, 4) is 11.5 Å². The summed E-state index contributed by atoms with van der Waals surface area (Å²) in [6.45, 7) is 4.79. The van der Waals surface area contributed by atoms with E-state index in [1.165, 1.54) is 0 Å². The first kappa shape index (κ1) is 19.1. The Morgan fingerprint density at radius 2 is 1.67 bits per heavy atom. The third-order valence-corrected chi connectivity index (χ3v) is 2.56. The topological polar surface area (TPSA) is 27.7 Å². The van der Waals surface area contributed by atoms with Gasteiger partial charge in [0, 0.05) is 0 Å². The van der Waals surface area contributed by atoms with Gasteiger partial charge in [-0.25, -0.2) is 0 Å². The summed E-state index contributed by atoms with van der Waals surface area (Å²) in [5, 5.41) is 0. The minimum atomic E-state index is 0. The average Bonchev–Trinajstić information content (AvgIpc) is 2.35. The van der Waals surface area contributed by atoms with Crippen molar-refractivity contribution in [2.24, 2.45) is 0 Å². The van der Waals surface area contributed by atoms with Crippen molar-refractivity contribution < 1.29 is 14.2 Å². The second kappa shape index (κ2) is 9.77. The van der Waals surface area contributed by atoms with E-state index in [0.717, 1.165) is 23.5 Å². The lowest BCUT2D eigenvalue weighted by molar-refractivity contribution is 0.0507. The molecule has 106 valence electrons. The summed E-state index contributed by atoms with van der Waals surface area (Å²) in [7, 11) is 3.27. The van der Waals surface area contributed by atoms with Crippen LogP contribution in [0.3, 0.4) is 0 Å². The highest BCUT2D eigenvalue weighted by molar-refractivity contribution is 5.42. The summed E-state index contributed by atoms with van der Waals surface area (Å²) >= 11 is 0. The van der Waals surface area contributed by atoms with Crippen molar-refractivity contribution in [1.82, 2.24) is 0 Å². The monoisotopic (exact) mass is 256 g/mol. The maximum Gasteiger partial charge on any atom is 0.161 e. The summed E-state index contributed by atoms with van der Waals surface area (Å²) < 4.78 is 16.1. The Morgan fingerprint density at radius 3 is 2.17 bits per heavy atom. The first-order valence-electron chi connectivity index (χ1n) is 5.53. The number of ether oxygens (including phenoxy) is 3. The third kappa shape index (κ3) is 5.41. The van der Waals surface area contributed by atoms with Crippen molar-refractivity contribution in [1.29, 1.82) is 0 Å². The van der Waals surface area contributed by atoms with Crippen molar-refractivity contribution in [3.63, 3.8) is 0 Å². The Kier molecular flexibility index (Phi) is 10.4. The van der Waals surface area contributed by atoms with Crippen molar-refractivity contribution >= 4 is 0 Å². The molecule has 0 aliphatic carbocycles. The SMILES string of the molecule is C.C.CCC(C)OCc1ccc(OC)c(OC)c1. The highest BCUT2D eigenvalue weighted by Crippen LogP contribution is 2.27. The van der Waals surface area contributed by atoms with Crippen molar-refractivity contribution in [2.75, 3.05) is 14.2 Å². The molecule has 0 saturated carbocycles. The number of rotatable bonds is 6. The summed E-state index contributed by atoms with van der Waals surface area (Å²) in [6, 6.07) is 5.83. The second-order valence-electron chi connectivity index (χ2n) is 3.72. The molecular formula is C15H28O3. The number of methoxy groups -OCH3 is 2. The first-order valence-corrected chi connectivity index (χ1v) is 5.53. The fourth-order valence-corrected chi connectivity index (χ4v) is 1.33. The smallest absolute Gasteiger partial charge is 0.161 e. The zero-order valence-electron chi connectivity index (χ0n) is 10.4. The molecule has 0 spiro atoms. The van der Waals surface area contributed by atoms with Crippen LogP contribution in [0.1, 0.15) is 40.7 Å². The van der Waals surface area contributed by atoms with Gasteiger partial charge < -0.3 is 14.2 Å². The van der Waals surface area contributed by atoms with Gasteiger partial charge in [0.15, 0.2) is 11.5 Å². The second-order valence-corrected chi connectivity index (χ2v) is 3.72. The zero-order chi connectivity index (χ0) is 12.0. The molecule has 0 aliphatic heterocycles. The maximum atomic E-state index is 5.65. The maximum absolute atomic E-state index is 5.65. The van der Waals surface area contributed by atoms with Crippen LogP contribution in [0, 0.1) is 0 Å².